The number of halogens is 3. The van der Waals surface area contributed by atoms with Gasteiger partial charge in [-0.25, -0.2) is 0 Å². The molecular weight excluding hydrogens is 415 g/mol. The average molecular weight is 437 g/mol. The number of aliphatic hydroxyl groups excluding tert-OH is 1. The van der Waals surface area contributed by atoms with Gasteiger partial charge in [0.05, 0.1) is 43.1 Å². The number of pyridine rings is 2. The molecule has 0 aliphatic heterocycles. The highest BCUT2D eigenvalue weighted by atomic mass is 19.4. The number of rotatable bonds is 9. The lowest BCUT2D eigenvalue weighted by atomic mass is 10.1. The molecule has 31 heavy (non-hydrogen) atoms. The predicted molar refractivity (Wildman–Crippen MR) is 105 cm³/mol. The molecule has 0 saturated carbocycles. The first-order valence-corrected chi connectivity index (χ1v) is 9.52. The second-order valence-corrected chi connectivity index (χ2v) is 6.98. The van der Waals surface area contributed by atoms with Crippen molar-refractivity contribution in [2.45, 2.75) is 32.7 Å². The molecule has 0 spiro atoms. The van der Waals surface area contributed by atoms with E-state index in [0.29, 0.717) is 23.4 Å². The summed E-state index contributed by atoms with van der Waals surface area (Å²) in [7, 11) is 0. The zero-order valence-electron chi connectivity index (χ0n) is 16.8. The maximum atomic E-state index is 12.2. The maximum absolute atomic E-state index is 12.2. The van der Waals surface area contributed by atoms with E-state index in [1.165, 1.54) is 0 Å². The van der Waals surface area contributed by atoms with E-state index in [1.54, 1.807) is 36.3 Å². The second kappa shape index (κ2) is 9.84. The van der Waals surface area contributed by atoms with Crippen molar-refractivity contribution in [1.82, 2.24) is 25.1 Å². The lowest BCUT2D eigenvalue weighted by Gasteiger charge is -2.10. The average Bonchev–Trinajstić information content (AvgIpc) is 3.10. The van der Waals surface area contributed by atoms with Crippen molar-refractivity contribution in [3.63, 3.8) is 0 Å². The summed E-state index contributed by atoms with van der Waals surface area (Å²) in [5, 5.41) is 16.6. The third-order valence-electron chi connectivity index (χ3n) is 4.42. The molecule has 2 N–H and O–H groups in total. The van der Waals surface area contributed by atoms with Crippen LogP contribution in [0.3, 0.4) is 0 Å². The molecule has 0 bridgehead atoms. The number of hydrogen-bond donors (Lipinski definition) is 2. The number of hydrogen-bond acceptors (Lipinski definition) is 6. The molecule has 11 heteroatoms. The van der Waals surface area contributed by atoms with Crippen molar-refractivity contribution in [2.24, 2.45) is 0 Å². The van der Waals surface area contributed by atoms with E-state index in [2.05, 4.69) is 25.1 Å². The van der Waals surface area contributed by atoms with Crippen LogP contribution in [0.15, 0.2) is 30.7 Å². The molecule has 0 saturated heterocycles. The fourth-order valence-electron chi connectivity index (χ4n) is 3.03. The van der Waals surface area contributed by atoms with E-state index in [0.717, 1.165) is 16.5 Å². The van der Waals surface area contributed by atoms with E-state index < -0.39 is 12.8 Å². The van der Waals surface area contributed by atoms with Crippen LogP contribution < -0.4 is 5.32 Å². The Kier molecular flexibility index (Phi) is 7.18. The Hall–Kier alpha value is -3.05. The summed E-state index contributed by atoms with van der Waals surface area (Å²) in [4.78, 5) is 20.4. The number of carbonyl (C=O) groups excluding carboxylic acids is 1. The molecule has 166 valence electrons. The molecule has 0 fully saturated rings. The number of fused-ring (bicyclic) bond motifs is 1. The molecule has 0 unspecified atom stereocenters. The first-order valence-electron chi connectivity index (χ1n) is 9.52. The Balaban J connectivity index is 1.69. The van der Waals surface area contributed by atoms with E-state index in [9.17, 15) is 18.0 Å². The van der Waals surface area contributed by atoms with Gasteiger partial charge in [0.2, 0.25) is 5.91 Å². The standard InChI is InChI=1S/C20H22F3N5O3/c1-13-6-14(8-26-18(13)11-31-12-20(21,22)23)9-28-10-15-16(27-28)2-3-24-17(15)7-19(30)25-4-5-29/h2-3,6,8,10,29H,4-5,7,9,11-12H2,1H3,(H,25,30). The van der Waals surface area contributed by atoms with E-state index >= 15 is 0 Å². The fourth-order valence-corrected chi connectivity index (χ4v) is 3.03. The van der Waals surface area contributed by atoms with Gasteiger partial charge in [-0.3, -0.25) is 19.4 Å². The predicted octanol–water partition coefficient (Wildman–Crippen LogP) is 1.91. The SMILES string of the molecule is Cc1cc(Cn2cc3c(CC(=O)NCCO)nccc3n2)cnc1COCC(F)(F)F. The minimum absolute atomic E-state index is 0.0658. The first kappa shape index (κ1) is 22.6. The van der Waals surface area contributed by atoms with Gasteiger partial charge >= 0.3 is 6.18 Å². The largest absolute Gasteiger partial charge is 0.411 e. The van der Waals surface area contributed by atoms with Crippen LogP contribution in [0.5, 0.6) is 0 Å². The minimum atomic E-state index is -4.37. The van der Waals surface area contributed by atoms with Crippen molar-refractivity contribution in [2.75, 3.05) is 19.8 Å². The quantitative estimate of drug-likeness (QED) is 0.530. The molecule has 3 aromatic rings. The maximum Gasteiger partial charge on any atom is 0.411 e. The van der Waals surface area contributed by atoms with Crippen LogP contribution in [0.1, 0.15) is 22.5 Å². The van der Waals surface area contributed by atoms with Gasteiger partial charge in [-0.05, 0) is 24.1 Å². The van der Waals surface area contributed by atoms with Crippen LogP contribution in [0.4, 0.5) is 13.2 Å². The lowest BCUT2D eigenvalue weighted by molar-refractivity contribution is -0.176. The van der Waals surface area contributed by atoms with Crippen LogP contribution in [0.2, 0.25) is 0 Å². The van der Waals surface area contributed by atoms with Crippen molar-refractivity contribution in [3.05, 3.63) is 53.2 Å². The van der Waals surface area contributed by atoms with Gasteiger partial charge in [0.25, 0.3) is 0 Å². The number of nitrogens with zero attached hydrogens (tertiary/aromatic N) is 4. The minimum Gasteiger partial charge on any atom is -0.395 e. The molecule has 0 radical (unpaired) electrons. The van der Waals surface area contributed by atoms with Gasteiger partial charge in [-0.2, -0.15) is 18.3 Å². The Morgan fingerprint density at radius 1 is 1.29 bits per heavy atom. The highest BCUT2D eigenvalue weighted by molar-refractivity contribution is 5.86. The molecular formula is C20H22F3N5O3. The summed E-state index contributed by atoms with van der Waals surface area (Å²) in [6, 6.07) is 3.57. The van der Waals surface area contributed by atoms with Crippen molar-refractivity contribution in [1.29, 1.82) is 0 Å². The zero-order valence-corrected chi connectivity index (χ0v) is 16.8. The van der Waals surface area contributed by atoms with Crippen molar-refractivity contribution < 1.29 is 27.8 Å². The van der Waals surface area contributed by atoms with E-state index in [1.807, 2.05) is 6.07 Å². The smallest absolute Gasteiger partial charge is 0.395 e. The Bertz CT molecular complexity index is 1050. The number of amides is 1. The first-order chi connectivity index (χ1) is 14.7. The third-order valence-corrected chi connectivity index (χ3v) is 4.42. The number of alkyl halides is 3. The molecule has 0 atom stereocenters. The highest BCUT2D eigenvalue weighted by Crippen LogP contribution is 2.19. The topological polar surface area (TPSA) is 102 Å². The van der Waals surface area contributed by atoms with Gasteiger partial charge in [0.1, 0.15) is 6.61 Å². The van der Waals surface area contributed by atoms with Gasteiger partial charge in [-0.1, -0.05) is 6.07 Å². The van der Waals surface area contributed by atoms with Gasteiger partial charge < -0.3 is 15.2 Å². The number of ether oxygens (including phenoxy) is 1. The molecule has 0 aromatic carbocycles. The van der Waals surface area contributed by atoms with Crippen LogP contribution in [-0.4, -0.2) is 56.7 Å². The fraction of sp³-hybridized carbons (Fsp3) is 0.400. The number of nitrogens with one attached hydrogen (secondary N) is 1. The number of aryl methyl sites for hydroxylation is 1. The van der Waals surface area contributed by atoms with E-state index in [4.69, 9.17) is 5.11 Å². The Morgan fingerprint density at radius 2 is 2.10 bits per heavy atom. The number of carbonyl (C=O) groups is 1. The summed E-state index contributed by atoms with van der Waals surface area (Å²) in [6.45, 7) is 0.659. The summed E-state index contributed by atoms with van der Waals surface area (Å²) in [5.41, 5.74) is 3.24. The second-order valence-electron chi connectivity index (χ2n) is 6.98. The summed E-state index contributed by atoms with van der Waals surface area (Å²) in [5.74, 6) is -0.245. The van der Waals surface area contributed by atoms with E-state index in [-0.39, 0.29) is 32.1 Å². The monoisotopic (exact) mass is 437 g/mol. The van der Waals surface area contributed by atoms with Crippen LogP contribution in [0, 0.1) is 6.92 Å². The van der Waals surface area contributed by atoms with Gasteiger partial charge in [-0.15, -0.1) is 0 Å². The van der Waals surface area contributed by atoms with Crippen molar-refractivity contribution >= 4 is 16.8 Å². The molecule has 0 aliphatic rings. The highest BCUT2D eigenvalue weighted by Gasteiger charge is 2.27. The van der Waals surface area contributed by atoms with Crippen molar-refractivity contribution in [3.8, 4) is 0 Å². The normalized spacial score (nSPS) is 11.8. The molecule has 0 aliphatic carbocycles. The summed E-state index contributed by atoms with van der Waals surface area (Å²) >= 11 is 0. The Morgan fingerprint density at radius 3 is 2.81 bits per heavy atom. The number of aromatic nitrogens is 4. The zero-order chi connectivity index (χ0) is 22.4. The molecule has 8 nitrogen and oxygen atoms in total. The lowest BCUT2D eigenvalue weighted by Crippen LogP contribution is -2.28. The molecule has 3 aromatic heterocycles. The van der Waals surface area contributed by atoms with Gasteiger partial charge in [0, 0.05) is 30.5 Å². The number of aliphatic hydroxyl groups is 1. The Labute approximate surface area is 176 Å². The summed E-state index contributed by atoms with van der Waals surface area (Å²) < 4.78 is 43.0. The van der Waals surface area contributed by atoms with Crippen LogP contribution in [-0.2, 0) is 29.1 Å². The molecule has 1 amide bonds. The van der Waals surface area contributed by atoms with Gasteiger partial charge in [0.15, 0.2) is 0 Å². The van der Waals surface area contributed by atoms with Crippen LogP contribution >= 0.6 is 0 Å². The summed E-state index contributed by atoms with van der Waals surface area (Å²) in [6.07, 6.45) is 0.634. The molecule has 3 rings (SSSR count). The molecule has 3 heterocycles. The third kappa shape index (κ3) is 6.46. The van der Waals surface area contributed by atoms with Crippen LogP contribution in [0.25, 0.3) is 10.9 Å².